The number of benzene rings is 1. The van der Waals surface area contributed by atoms with E-state index in [0.717, 1.165) is 9.38 Å². The van der Waals surface area contributed by atoms with Crippen LogP contribution in [0.2, 0.25) is 0 Å². The van der Waals surface area contributed by atoms with Crippen LogP contribution in [0.5, 0.6) is 0 Å². The fourth-order valence-electron chi connectivity index (χ4n) is 1.11. The van der Waals surface area contributed by atoms with E-state index in [0.29, 0.717) is 5.39 Å². The lowest BCUT2D eigenvalue weighted by Crippen LogP contribution is -2.37. The molecule has 1 aromatic carbocycles. The average Bonchev–Trinajstić information content (AvgIpc) is 2.15. The molecule has 13 heavy (non-hydrogen) atoms. The lowest BCUT2D eigenvalue weighted by Gasteiger charge is -1.98. The summed E-state index contributed by atoms with van der Waals surface area (Å²) in [6.45, 7) is 0. The summed E-state index contributed by atoms with van der Waals surface area (Å²) in [6.07, 6.45) is 0. The summed E-state index contributed by atoms with van der Waals surface area (Å²) in [5.74, 6) is 5.38. The van der Waals surface area contributed by atoms with Gasteiger partial charge in [0.15, 0.2) is 0 Å². The van der Waals surface area contributed by atoms with Gasteiger partial charge in [-0.25, -0.2) is 0 Å². The zero-order chi connectivity index (χ0) is 9.42. The maximum Gasteiger partial charge on any atom is 0.279 e. The number of fused-ring (bicyclic) bond motifs is 1. The summed E-state index contributed by atoms with van der Waals surface area (Å²) in [7, 11) is 0. The van der Waals surface area contributed by atoms with Crippen LogP contribution in [0.25, 0.3) is 10.1 Å². The molecule has 0 radical (unpaired) electrons. The van der Waals surface area contributed by atoms with Crippen molar-refractivity contribution in [3.63, 3.8) is 0 Å². The van der Waals surface area contributed by atoms with E-state index in [1.165, 1.54) is 11.3 Å². The minimum absolute atomic E-state index is 0.0590. The van der Waals surface area contributed by atoms with E-state index in [1.807, 2.05) is 6.07 Å². The number of nitrogens with two attached hydrogens (primary N) is 1. The molecule has 0 amide bonds. The molecule has 0 atom stereocenters. The molecule has 4 nitrogen and oxygen atoms in total. The number of nitrogens with one attached hydrogen (secondary N) is 1. The minimum Gasteiger partial charge on any atom is -0.334 e. The fraction of sp³-hybridized carbons (Fsp3) is 0. The van der Waals surface area contributed by atoms with E-state index in [9.17, 15) is 4.79 Å². The van der Waals surface area contributed by atoms with Crippen LogP contribution in [0.4, 0.5) is 0 Å². The van der Waals surface area contributed by atoms with Crippen molar-refractivity contribution in [2.75, 3.05) is 5.84 Å². The van der Waals surface area contributed by atoms with Crippen LogP contribution < -0.4 is 16.2 Å². The highest BCUT2D eigenvalue weighted by atomic mass is 32.1. The van der Waals surface area contributed by atoms with Crippen LogP contribution in [0.1, 0.15) is 0 Å². The quantitative estimate of drug-likeness (QED) is 0.589. The van der Waals surface area contributed by atoms with Crippen molar-refractivity contribution >= 4 is 21.4 Å². The van der Waals surface area contributed by atoms with E-state index >= 15 is 0 Å². The zero-order valence-electron chi connectivity index (χ0n) is 6.65. The number of rotatable bonds is 0. The van der Waals surface area contributed by atoms with Gasteiger partial charge >= 0.3 is 0 Å². The van der Waals surface area contributed by atoms with Crippen molar-refractivity contribution in [1.82, 2.24) is 4.68 Å². The highest BCUT2D eigenvalue weighted by molar-refractivity contribution is 7.15. The Morgan fingerprint density at radius 2 is 2.08 bits per heavy atom. The third-order valence-electron chi connectivity index (χ3n) is 1.76. The molecule has 0 unspecified atom stereocenters. The summed E-state index contributed by atoms with van der Waals surface area (Å²) in [4.78, 5) is 11.5. The normalized spacial score (nSPS) is 10.5. The largest absolute Gasteiger partial charge is 0.334 e. The van der Waals surface area contributed by atoms with Crippen molar-refractivity contribution in [3.8, 4) is 0 Å². The van der Waals surface area contributed by atoms with Crippen LogP contribution in [-0.4, -0.2) is 4.68 Å². The summed E-state index contributed by atoms with van der Waals surface area (Å²) in [6, 6.07) is 7.12. The molecule has 0 spiro atoms. The second-order valence-corrected chi connectivity index (χ2v) is 3.61. The summed E-state index contributed by atoms with van der Waals surface area (Å²) >= 11 is 1.19. The Morgan fingerprint density at radius 1 is 1.38 bits per heavy atom. The van der Waals surface area contributed by atoms with Gasteiger partial charge in [-0.2, -0.15) is 4.68 Å². The first kappa shape index (κ1) is 8.00. The maximum absolute atomic E-state index is 11.5. The Morgan fingerprint density at radius 3 is 2.85 bits per heavy atom. The average molecular weight is 193 g/mol. The van der Waals surface area contributed by atoms with E-state index < -0.39 is 0 Å². The van der Waals surface area contributed by atoms with Gasteiger partial charge in [-0.15, -0.1) is 0 Å². The smallest absolute Gasteiger partial charge is 0.279 e. The molecule has 3 N–H and O–H groups in total. The van der Waals surface area contributed by atoms with Crippen LogP contribution >= 0.6 is 11.3 Å². The molecule has 0 saturated carbocycles. The van der Waals surface area contributed by atoms with Gasteiger partial charge in [0, 0.05) is 4.70 Å². The van der Waals surface area contributed by atoms with Gasteiger partial charge in [0.05, 0.1) is 5.39 Å². The maximum atomic E-state index is 11.5. The van der Waals surface area contributed by atoms with Gasteiger partial charge < -0.3 is 5.84 Å². The second-order valence-electron chi connectivity index (χ2n) is 2.58. The topological polar surface area (TPSA) is 71.9 Å². The molecule has 1 heterocycles. The number of hydrogen-bond donors (Lipinski definition) is 2. The lowest BCUT2D eigenvalue weighted by molar-refractivity contribution is 0.886. The predicted octanol–water partition coefficient (Wildman–Crippen LogP) is 0.256. The molecule has 0 fully saturated rings. The molecular weight excluding hydrogens is 186 g/mol. The van der Waals surface area contributed by atoms with Gasteiger partial charge in [0.2, 0.25) is 4.80 Å². The molecule has 2 rings (SSSR count). The van der Waals surface area contributed by atoms with Crippen LogP contribution in [0.3, 0.4) is 0 Å². The van der Waals surface area contributed by atoms with Crippen molar-refractivity contribution in [2.24, 2.45) is 0 Å². The van der Waals surface area contributed by atoms with Gasteiger partial charge in [0.1, 0.15) is 0 Å². The molecule has 0 bridgehead atoms. The molecule has 0 aliphatic heterocycles. The summed E-state index contributed by atoms with van der Waals surface area (Å²) < 4.78 is 1.65. The molecule has 0 saturated heterocycles. The van der Waals surface area contributed by atoms with E-state index in [4.69, 9.17) is 11.3 Å². The van der Waals surface area contributed by atoms with Crippen molar-refractivity contribution < 1.29 is 0 Å². The molecule has 0 aliphatic carbocycles. The van der Waals surface area contributed by atoms with E-state index in [-0.39, 0.29) is 10.4 Å². The molecular formula is C8H7N3OS. The highest BCUT2D eigenvalue weighted by Crippen LogP contribution is 2.09. The van der Waals surface area contributed by atoms with E-state index in [1.54, 1.807) is 18.2 Å². The molecule has 1 aromatic heterocycles. The van der Waals surface area contributed by atoms with Crippen LogP contribution in [0.15, 0.2) is 29.1 Å². The Kier molecular flexibility index (Phi) is 1.66. The lowest BCUT2D eigenvalue weighted by atomic mass is 10.3. The first-order valence-electron chi connectivity index (χ1n) is 3.65. The zero-order valence-corrected chi connectivity index (χ0v) is 7.47. The summed E-state index contributed by atoms with van der Waals surface area (Å²) in [5, 5.41) is 7.96. The molecule has 2 aromatic rings. The Bertz CT molecular complexity index is 569. The first-order valence-corrected chi connectivity index (χ1v) is 4.46. The first-order chi connectivity index (χ1) is 6.20. The van der Waals surface area contributed by atoms with E-state index in [2.05, 4.69) is 0 Å². The minimum atomic E-state index is -0.320. The van der Waals surface area contributed by atoms with Crippen LogP contribution in [-0.2, 0) is 0 Å². The molecule has 66 valence electrons. The molecule has 0 aliphatic rings. The van der Waals surface area contributed by atoms with Gasteiger partial charge in [-0.3, -0.25) is 10.2 Å². The standard InChI is InChI=1S/C8H7N3OS/c9-8-11(10)7(12)5-3-1-2-4-6(5)13-8/h1-4,9H,10H2. The fourth-order valence-corrected chi connectivity index (χ4v) is 1.91. The highest BCUT2D eigenvalue weighted by Gasteiger charge is 2.01. The van der Waals surface area contributed by atoms with Crippen LogP contribution in [0, 0.1) is 5.41 Å². The Hall–Kier alpha value is -1.62. The van der Waals surface area contributed by atoms with Gasteiger partial charge in [-0.1, -0.05) is 23.5 Å². The summed E-state index contributed by atoms with van der Waals surface area (Å²) in [5.41, 5.74) is -0.320. The molecule has 5 heteroatoms. The van der Waals surface area contributed by atoms with Gasteiger partial charge in [0.25, 0.3) is 5.56 Å². The third-order valence-corrected chi connectivity index (χ3v) is 2.73. The second kappa shape index (κ2) is 2.70. The SMILES string of the molecule is N=c1sc2ccccc2c(=O)n1N. The monoisotopic (exact) mass is 193 g/mol. The Balaban J connectivity index is 3.12. The number of hydrogen-bond acceptors (Lipinski definition) is 4. The van der Waals surface area contributed by atoms with Crippen molar-refractivity contribution in [1.29, 1.82) is 5.41 Å². The number of nitrogens with zero attached hydrogens (tertiary/aromatic N) is 1. The predicted molar refractivity (Wildman–Crippen MR) is 52.1 cm³/mol. The van der Waals surface area contributed by atoms with Crippen molar-refractivity contribution in [2.45, 2.75) is 0 Å². The number of aromatic nitrogens is 1. The van der Waals surface area contributed by atoms with Crippen molar-refractivity contribution in [3.05, 3.63) is 39.4 Å². The number of nitrogen functional groups attached to an aromatic ring is 1. The Labute approximate surface area is 77.4 Å². The van der Waals surface area contributed by atoms with Gasteiger partial charge in [-0.05, 0) is 12.1 Å². The third kappa shape index (κ3) is 1.13.